The van der Waals surface area contributed by atoms with Gasteiger partial charge in [0.1, 0.15) is 17.6 Å². The van der Waals surface area contributed by atoms with E-state index >= 15 is 0 Å². The third-order valence-corrected chi connectivity index (χ3v) is 4.91. The second kappa shape index (κ2) is 8.31. The van der Waals surface area contributed by atoms with Crippen LogP contribution in [0.5, 0.6) is 11.5 Å². The van der Waals surface area contributed by atoms with E-state index in [1.54, 1.807) is 6.20 Å². The highest BCUT2D eigenvalue weighted by molar-refractivity contribution is 5.60. The zero-order valence-corrected chi connectivity index (χ0v) is 16.3. The van der Waals surface area contributed by atoms with Crippen molar-refractivity contribution >= 4 is 0 Å². The van der Waals surface area contributed by atoms with Gasteiger partial charge < -0.3 is 14.4 Å². The number of alkyl halides is 3. The van der Waals surface area contributed by atoms with Gasteiger partial charge in [0.15, 0.2) is 0 Å². The van der Waals surface area contributed by atoms with Crippen molar-refractivity contribution in [3.8, 4) is 22.8 Å². The van der Waals surface area contributed by atoms with E-state index in [0.717, 1.165) is 41.9 Å². The molecule has 0 aliphatic carbocycles. The number of aromatic nitrogens is 2. The first-order valence-corrected chi connectivity index (χ1v) is 9.49. The predicted molar refractivity (Wildman–Crippen MR) is 105 cm³/mol. The fourth-order valence-corrected chi connectivity index (χ4v) is 3.54. The summed E-state index contributed by atoms with van der Waals surface area (Å²) in [6, 6.07) is 15.4. The molecule has 3 aromatic rings. The van der Waals surface area contributed by atoms with Crippen molar-refractivity contribution in [1.82, 2.24) is 15.1 Å². The van der Waals surface area contributed by atoms with Crippen LogP contribution >= 0.6 is 0 Å². The fraction of sp³-hybridized carbons (Fsp3) is 0.273. The number of fused-ring (bicyclic) bond motifs is 1. The van der Waals surface area contributed by atoms with Gasteiger partial charge in [-0.1, -0.05) is 12.1 Å². The molecular formula is C22H20F3N3O2. The molecule has 0 spiro atoms. The molecule has 2 aromatic carbocycles. The van der Waals surface area contributed by atoms with E-state index in [2.05, 4.69) is 25.9 Å². The third-order valence-electron chi connectivity index (χ3n) is 4.91. The maximum atomic E-state index is 12.4. The highest BCUT2D eigenvalue weighted by Crippen LogP contribution is 2.34. The van der Waals surface area contributed by atoms with Gasteiger partial charge in [0.2, 0.25) is 0 Å². The molecule has 4 rings (SSSR count). The second-order valence-electron chi connectivity index (χ2n) is 7.17. The maximum Gasteiger partial charge on any atom is 0.573 e. The Kier molecular flexibility index (Phi) is 5.59. The number of halogens is 3. The maximum absolute atomic E-state index is 12.4. The van der Waals surface area contributed by atoms with Crippen molar-refractivity contribution in [3.63, 3.8) is 0 Å². The zero-order chi connectivity index (χ0) is 21.1. The van der Waals surface area contributed by atoms with Crippen LogP contribution in [0, 0.1) is 0 Å². The van der Waals surface area contributed by atoms with E-state index in [1.807, 2.05) is 31.3 Å². The van der Waals surface area contributed by atoms with Crippen molar-refractivity contribution < 1.29 is 22.6 Å². The number of nitrogens with zero attached hydrogens (tertiary/aromatic N) is 3. The molecule has 30 heavy (non-hydrogen) atoms. The predicted octanol–water partition coefficient (Wildman–Crippen LogP) is 5.00. The molecule has 0 radical (unpaired) electrons. The zero-order valence-electron chi connectivity index (χ0n) is 16.3. The summed E-state index contributed by atoms with van der Waals surface area (Å²) in [6.45, 7) is 1.59. The SMILES string of the molecule is CN1CCC(Oc2ccc(OC(F)(F)F)cc2)c2ccc(-c3cccnn3)cc2C1. The quantitative estimate of drug-likeness (QED) is 0.600. The summed E-state index contributed by atoms with van der Waals surface area (Å²) in [6.07, 6.45) is -2.53. The van der Waals surface area contributed by atoms with Gasteiger partial charge >= 0.3 is 6.36 Å². The van der Waals surface area contributed by atoms with Gasteiger partial charge in [-0.05, 0) is 60.6 Å². The van der Waals surface area contributed by atoms with Crippen LogP contribution in [-0.2, 0) is 6.54 Å². The number of ether oxygens (including phenoxy) is 2. The van der Waals surface area contributed by atoms with Crippen LogP contribution in [-0.4, -0.2) is 35.1 Å². The van der Waals surface area contributed by atoms with Crippen LogP contribution in [0.2, 0.25) is 0 Å². The molecule has 0 saturated heterocycles. The minimum Gasteiger partial charge on any atom is -0.486 e. The van der Waals surface area contributed by atoms with Crippen molar-refractivity contribution in [2.45, 2.75) is 25.4 Å². The van der Waals surface area contributed by atoms with Crippen molar-refractivity contribution in [2.24, 2.45) is 0 Å². The molecule has 5 nitrogen and oxygen atoms in total. The molecule has 0 saturated carbocycles. The van der Waals surface area contributed by atoms with E-state index in [-0.39, 0.29) is 11.9 Å². The third kappa shape index (κ3) is 4.88. The lowest BCUT2D eigenvalue weighted by atomic mass is 9.97. The molecule has 0 fully saturated rings. The Morgan fingerprint density at radius 2 is 1.80 bits per heavy atom. The van der Waals surface area contributed by atoms with Gasteiger partial charge in [-0.3, -0.25) is 0 Å². The second-order valence-corrected chi connectivity index (χ2v) is 7.17. The van der Waals surface area contributed by atoms with Gasteiger partial charge in [0, 0.05) is 31.3 Å². The monoisotopic (exact) mass is 415 g/mol. The first-order valence-electron chi connectivity index (χ1n) is 9.49. The summed E-state index contributed by atoms with van der Waals surface area (Å²) in [5.41, 5.74) is 3.96. The number of benzene rings is 2. The van der Waals surface area contributed by atoms with Crippen LogP contribution in [0.4, 0.5) is 13.2 Å². The Balaban J connectivity index is 1.58. The first kappa shape index (κ1) is 20.2. The van der Waals surface area contributed by atoms with E-state index in [0.29, 0.717) is 5.75 Å². The van der Waals surface area contributed by atoms with Crippen LogP contribution in [0.3, 0.4) is 0 Å². The first-order chi connectivity index (χ1) is 14.4. The largest absolute Gasteiger partial charge is 0.573 e. The number of rotatable bonds is 4. The molecule has 2 heterocycles. The number of hydrogen-bond acceptors (Lipinski definition) is 5. The average molecular weight is 415 g/mol. The Bertz CT molecular complexity index is 995. The Morgan fingerprint density at radius 1 is 1.03 bits per heavy atom. The van der Waals surface area contributed by atoms with Gasteiger partial charge in [-0.25, -0.2) is 0 Å². The summed E-state index contributed by atoms with van der Waals surface area (Å²) in [5.74, 6) is 0.215. The van der Waals surface area contributed by atoms with E-state index < -0.39 is 6.36 Å². The summed E-state index contributed by atoms with van der Waals surface area (Å²) < 4.78 is 47.1. The van der Waals surface area contributed by atoms with E-state index in [9.17, 15) is 13.2 Å². The van der Waals surface area contributed by atoms with Crippen LogP contribution in [0.1, 0.15) is 23.7 Å². The lowest BCUT2D eigenvalue weighted by Crippen LogP contribution is -2.18. The summed E-state index contributed by atoms with van der Waals surface area (Å²) >= 11 is 0. The molecule has 8 heteroatoms. The van der Waals surface area contributed by atoms with E-state index in [1.165, 1.54) is 24.3 Å². The Labute approximate surface area is 172 Å². The standard InChI is InChI=1S/C22H20F3N3O2/c1-28-12-10-21(29-17-5-7-18(8-6-17)30-22(23,24)25)19-9-4-15(13-16(19)14-28)20-3-2-11-26-27-20/h2-9,11,13,21H,10,12,14H2,1H3. The Hall–Kier alpha value is -3.13. The van der Waals surface area contributed by atoms with Gasteiger partial charge in [0.25, 0.3) is 0 Å². The van der Waals surface area contributed by atoms with Gasteiger partial charge in [-0.15, -0.1) is 13.2 Å². The van der Waals surface area contributed by atoms with Crippen LogP contribution in [0.15, 0.2) is 60.8 Å². The van der Waals surface area contributed by atoms with Gasteiger partial charge in [0.05, 0.1) is 5.69 Å². The average Bonchev–Trinajstić information content (AvgIpc) is 2.87. The summed E-state index contributed by atoms with van der Waals surface area (Å²) in [5, 5.41) is 8.11. The van der Waals surface area contributed by atoms with Crippen LogP contribution < -0.4 is 9.47 Å². The summed E-state index contributed by atoms with van der Waals surface area (Å²) in [7, 11) is 2.05. The van der Waals surface area contributed by atoms with Crippen molar-refractivity contribution in [2.75, 3.05) is 13.6 Å². The van der Waals surface area contributed by atoms with Gasteiger partial charge in [-0.2, -0.15) is 10.2 Å². The minimum atomic E-state index is -4.71. The highest BCUT2D eigenvalue weighted by atomic mass is 19.4. The molecule has 1 aliphatic rings. The molecule has 1 atom stereocenters. The lowest BCUT2D eigenvalue weighted by molar-refractivity contribution is -0.274. The lowest BCUT2D eigenvalue weighted by Gasteiger charge is -2.20. The molecule has 156 valence electrons. The number of hydrogen-bond donors (Lipinski definition) is 0. The molecular weight excluding hydrogens is 395 g/mol. The molecule has 1 unspecified atom stereocenters. The molecule has 0 bridgehead atoms. The van der Waals surface area contributed by atoms with Crippen molar-refractivity contribution in [3.05, 3.63) is 71.9 Å². The molecule has 1 aromatic heterocycles. The molecule has 0 N–H and O–H groups in total. The topological polar surface area (TPSA) is 47.5 Å². The minimum absolute atomic E-state index is 0.213. The van der Waals surface area contributed by atoms with Crippen molar-refractivity contribution in [1.29, 1.82) is 0 Å². The summed E-state index contributed by atoms with van der Waals surface area (Å²) in [4.78, 5) is 2.21. The molecule has 0 amide bonds. The molecule has 1 aliphatic heterocycles. The highest BCUT2D eigenvalue weighted by Gasteiger charge is 2.31. The van der Waals surface area contributed by atoms with E-state index in [4.69, 9.17) is 4.74 Å². The smallest absolute Gasteiger partial charge is 0.486 e. The fourth-order valence-electron chi connectivity index (χ4n) is 3.54. The normalized spacial score (nSPS) is 17.1. The van der Waals surface area contributed by atoms with Crippen LogP contribution in [0.25, 0.3) is 11.3 Å². The Morgan fingerprint density at radius 3 is 2.50 bits per heavy atom.